The molecule has 0 radical (unpaired) electrons. The SMILES string of the molecule is Cc1cc(C(=O)O)cc(-c2cccc(-c3nc(-c4ccccc4)cc(C(F)(F)F)n3)c2)c1. The predicted molar refractivity (Wildman–Crippen MR) is 115 cm³/mol. The molecule has 0 bridgehead atoms. The molecule has 0 spiro atoms. The van der Waals surface area contributed by atoms with E-state index >= 15 is 0 Å². The van der Waals surface area contributed by atoms with Gasteiger partial charge < -0.3 is 5.11 Å². The molecule has 4 rings (SSSR count). The Hall–Kier alpha value is -4.00. The monoisotopic (exact) mass is 434 g/mol. The number of carbonyl (C=O) groups is 1. The van der Waals surface area contributed by atoms with Crippen LogP contribution in [0.1, 0.15) is 21.6 Å². The Morgan fingerprint density at radius 1 is 0.781 bits per heavy atom. The maximum absolute atomic E-state index is 13.5. The number of aromatic nitrogens is 2. The van der Waals surface area contributed by atoms with E-state index in [0.717, 1.165) is 11.6 Å². The minimum Gasteiger partial charge on any atom is -0.478 e. The molecule has 0 aliphatic rings. The zero-order chi connectivity index (χ0) is 22.9. The average molecular weight is 434 g/mol. The first-order valence-corrected chi connectivity index (χ1v) is 9.68. The van der Waals surface area contributed by atoms with Crippen LogP contribution in [0.25, 0.3) is 33.8 Å². The van der Waals surface area contributed by atoms with Gasteiger partial charge in [-0.15, -0.1) is 0 Å². The maximum atomic E-state index is 13.5. The van der Waals surface area contributed by atoms with Crippen molar-refractivity contribution in [2.45, 2.75) is 13.1 Å². The van der Waals surface area contributed by atoms with E-state index in [-0.39, 0.29) is 17.1 Å². The topological polar surface area (TPSA) is 63.1 Å². The van der Waals surface area contributed by atoms with E-state index in [4.69, 9.17) is 0 Å². The number of aryl methyl sites for hydroxylation is 1. The fraction of sp³-hybridized carbons (Fsp3) is 0.0800. The van der Waals surface area contributed by atoms with Crippen molar-refractivity contribution in [3.8, 4) is 33.8 Å². The predicted octanol–water partition coefficient (Wildman–Crippen LogP) is 6.50. The number of rotatable bonds is 4. The first-order chi connectivity index (χ1) is 15.2. The Morgan fingerprint density at radius 2 is 1.47 bits per heavy atom. The molecule has 0 unspecified atom stereocenters. The standard InChI is InChI=1S/C25H17F3N2O2/c1-15-10-19(13-20(11-15)24(31)32)17-8-5-9-18(12-17)23-29-21(16-6-3-2-4-7-16)14-22(30-23)25(26,27)28/h2-14H,1H3,(H,31,32). The highest BCUT2D eigenvalue weighted by Gasteiger charge is 2.34. The number of alkyl halides is 3. The highest BCUT2D eigenvalue weighted by molar-refractivity contribution is 5.90. The van der Waals surface area contributed by atoms with Crippen LogP contribution >= 0.6 is 0 Å². The van der Waals surface area contributed by atoms with Crippen molar-refractivity contribution in [3.05, 3.63) is 95.7 Å². The van der Waals surface area contributed by atoms with Gasteiger partial charge in [-0.05, 0) is 47.9 Å². The summed E-state index contributed by atoms with van der Waals surface area (Å²) in [5, 5.41) is 9.33. The number of nitrogens with zero attached hydrogens (tertiary/aromatic N) is 2. The Labute approximate surface area is 182 Å². The van der Waals surface area contributed by atoms with Gasteiger partial charge in [-0.3, -0.25) is 0 Å². The smallest absolute Gasteiger partial charge is 0.433 e. The normalized spacial score (nSPS) is 11.4. The van der Waals surface area contributed by atoms with E-state index in [9.17, 15) is 23.1 Å². The van der Waals surface area contributed by atoms with Gasteiger partial charge in [0.15, 0.2) is 5.82 Å². The van der Waals surface area contributed by atoms with E-state index in [1.807, 2.05) is 6.07 Å². The van der Waals surface area contributed by atoms with Crippen LogP contribution in [0.5, 0.6) is 0 Å². The molecule has 160 valence electrons. The largest absolute Gasteiger partial charge is 0.478 e. The Morgan fingerprint density at radius 3 is 2.16 bits per heavy atom. The van der Waals surface area contributed by atoms with Crippen LogP contribution in [-0.4, -0.2) is 21.0 Å². The molecular weight excluding hydrogens is 417 g/mol. The number of carboxylic acid groups (broad SMARTS) is 1. The third-order valence-corrected chi connectivity index (χ3v) is 4.86. The molecule has 0 aliphatic carbocycles. The van der Waals surface area contributed by atoms with Crippen LogP contribution in [0.2, 0.25) is 0 Å². The van der Waals surface area contributed by atoms with E-state index in [1.54, 1.807) is 67.6 Å². The highest BCUT2D eigenvalue weighted by Crippen LogP contribution is 2.33. The van der Waals surface area contributed by atoms with Gasteiger partial charge in [0.05, 0.1) is 11.3 Å². The summed E-state index contributed by atoms with van der Waals surface area (Å²) in [6.07, 6.45) is -4.63. The van der Waals surface area contributed by atoms with Gasteiger partial charge in [0, 0.05) is 11.1 Å². The molecule has 1 heterocycles. The lowest BCUT2D eigenvalue weighted by Crippen LogP contribution is -2.10. The second-order valence-electron chi connectivity index (χ2n) is 7.30. The number of hydrogen-bond acceptors (Lipinski definition) is 3. The third kappa shape index (κ3) is 4.51. The number of halogens is 3. The molecule has 0 amide bonds. The molecule has 4 aromatic rings. The van der Waals surface area contributed by atoms with Gasteiger partial charge >= 0.3 is 12.1 Å². The average Bonchev–Trinajstić information content (AvgIpc) is 2.78. The molecule has 0 atom stereocenters. The molecule has 0 saturated heterocycles. The minimum atomic E-state index is -4.63. The molecule has 3 aromatic carbocycles. The first kappa shape index (κ1) is 21.2. The van der Waals surface area contributed by atoms with Crippen LogP contribution < -0.4 is 0 Å². The van der Waals surface area contributed by atoms with Crippen LogP contribution in [0.4, 0.5) is 13.2 Å². The van der Waals surface area contributed by atoms with Crippen molar-refractivity contribution in [3.63, 3.8) is 0 Å². The summed E-state index contributed by atoms with van der Waals surface area (Å²) in [4.78, 5) is 19.6. The van der Waals surface area contributed by atoms with E-state index in [2.05, 4.69) is 9.97 Å². The van der Waals surface area contributed by atoms with Crippen molar-refractivity contribution in [2.75, 3.05) is 0 Å². The Balaban J connectivity index is 1.85. The van der Waals surface area contributed by atoms with Gasteiger partial charge in [-0.1, -0.05) is 54.6 Å². The second kappa shape index (κ2) is 8.26. The summed E-state index contributed by atoms with van der Waals surface area (Å²) >= 11 is 0. The molecule has 4 nitrogen and oxygen atoms in total. The fourth-order valence-corrected chi connectivity index (χ4v) is 3.39. The maximum Gasteiger partial charge on any atom is 0.433 e. The Kier molecular flexibility index (Phi) is 5.48. The van der Waals surface area contributed by atoms with Crippen LogP contribution in [-0.2, 0) is 6.18 Å². The van der Waals surface area contributed by atoms with Crippen LogP contribution in [0, 0.1) is 6.92 Å². The van der Waals surface area contributed by atoms with Crippen molar-refractivity contribution in [1.82, 2.24) is 9.97 Å². The van der Waals surface area contributed by atoms with E-state index < -0.39 is 17.8 Å². The van der Waals surface area contributed by atoms with Crippen molar-refractivity contribution in [2.24, 2.45) is 0 Å². The van der Waals surface area contributed by atoms with Crippen molar-refractivity contribution in [1.29, 1.82) is 0 Å². The van der Waals surface area contributed by atoms with Gasteiger partial charge in [0.1, 0.15) is 5.69 Å². The number of benzene rings is 3. The molecule has 32 heavy (non-hydrogen) atoms. The molecule has 1 aromatic heterocycles. The molecule has 0 fully saturated rings. The summed E-state index contributed by atoms with van der Waals surface area (Å²) in [6.45, 7) is 1.78. The van der Waals surface area contributed by atoms with Gasteiger partial charge in [-0.2, -0.15) is 13.2 Å². The quantitative estimate of drug-likeness (QED) is 0.398. The zero-order valence-corrected chi connectivity index (χ0v) is 16.9. The summed E-state index contributed by atoms with van der Waals surface area (Å²) in [7, 11) is 0. The lowest BCUT2D eigenvalue weighted by molar-refractivity contribution is -0.141. The molecule has 0 aliphatic heterocycles. The van der Waals surface area contributed by atoms with E-state index in [0.29, 0.717) is 22.3 Å². The highest BCUT2D eigenvalue weighted by atomic mass is 19.4. The van der Waals surface area contributed by atoms with Crippen molar-refractivity contribution < 1.29 is 23.1 Å². The zero-order valence-electron chi connectivity index (χ0n) is 16.9. The van der Waals surface area contributed by atoms with Gasteiger partial charge in [-0.25, -0.2) is 14.8 Å². The minimum absolute atomic E-state index is 0.0633. The molecule has 0 saturated carbocycles. The summed E-state index contributed by atoms with van der Waals surface area (Å²) in [6, 6.07) is 21.1. The lowest BCUT2D eigenvalue weighted by atomic mass is 9.98. The fourth-order valence-electron chi connectivity index (χ4n) is 3.39. The molecular formula is C25H17F3N2O2. The summed E-state index contributed by atoms with van der Waals surface area (Å²) in [5.41, 5.74) is 2.24. The molecule has 7 heteroatoms. The van der Waals surface area contributed by atoms with Gasteiger partial charge in [0.2, 0.25) is 0 Å². The third-order valence-electron chi connectivity index (χ3n) is 4.86. The Bertz CT molecular complexity index is 1300. The van der Waals surface area contributed by atoms with Crippen LogP contribution in [0.15, 0.2) is 78.9 Å². The number of aromatic carboxylic acids is 1. The van der Waals surface area contributed by atoms with E-state index in [1.165, 1.54) is 6.07 Å². The first-order valence-electron chi connectivity index (χ1n) is 9.68. The number of carboxylic acids is 1. The van der Waals surface area contributed by atoms with Gasteiger partial charge in [0.25, 0.3) is 0 Å². The molecule has 1 N–H and O–H groups in total. The van der Waals surface area contributed by atoms with Crippen LogP contribution in [0.3, 0.4) is 0 Å². The lowest BCUT2D eigenvalue weighted by Gasteiger charge is -2.12. The summed E-state index contributed by atoms with van der Waals surface area (Å²) < 4.78 is 40.6. The second-order valence-corrected chi connectivity index (χ2v) is 7.30. The van der Waals surface area contributed by atoms with Crippen molar-refractivity contribution >= 4 is 5.97 Å². The number of hydrogen-bond donors (Lipinski definition) is 1. The summed E-state index contributed by atoms with van der Waals surface area (Å²) in [5.74, 6) is -1.12.